The van der Waals surface area contributed by atoms with Gasteiger partial charge in [0.25, 0.3) is 0 Å². The van der Waals surface area contributed by atoms with Crippen LogP contribution in [-0.4, -0.2) is 4.98 Å². The summed E-state index contributed by atoms with van der Waals surface area (Å²) >= 11 is 0. The predicted molar refractivity (Wildman–Crippen MR) is 61.4 cm³/mol. The molecule has 1 atom stereocenters. The first kappa shape index (κ1) is 10.8. The fraction of sp³-hybridized carbons (Fsp3) is 0.154. The quantitative estimate of drug-likeness (QED) is 0.838. The SMILES string of the molecule is Cc1cccc(C(N)c2ccc(F)cc2)n1. The highest BCUT2D eigenvalue weighted by atomic mass is 19.1. The molecule has 82 valence electrons. The van der Waals surface area contributed by atoms with Crippen molar-refractivity contribution < 1.29 is 4.39 Å². The Labute approximate surface area is 93.9 Å². The number of nitrogens with zero attached hydrogens (tertiary/aromatic N) is 1. The fourth-order valence-electron chi connectivity index (χ4n) is 1.58. The van der Waals surface area contributed by atoms with Crippen molar-refractivity contribution >= 4 is 0 Å². The molecular formula is C13H13FN2. The number of pyridine rings is 1. The Morgan fingerprint density at radius 1 is 1.12 bits per heavy atom. The number of benzene rings is 1. The molecule has 1 aromatic carbocycles. The van der Waals surface area contributed by atoms with Crippen molar-refractivity contribution in [1.29, 1.82) is 0 Å². The molecule has 2 rings (SSSR count). The van der Waals surface area contributed by atoms with E-state index in [4.69, 9.17) is 5.73 Å². The molecule has 16 heavy (non-hydrogen) atoms. The Morgan fingerprint density at radius 3 is 2.44 bits per heavy atom. The van der Waals surface area contributed by atoms with Crippen molar-refractivity contribution in [3.63, 3.8) is 0 Å². The summed E-state index contributed by atoms with van der Waals surface area (Å²) in [5, 5.41) is 0. The van der Waals surface area contributed by atoms with Gasteiger partial charge in [-0.3, -0.25) is 4.98 Å². The van der Waals surface area contributed by atoms with Crippen LogP contribution in [0.1, 0.15) is 23.0 Å². The summed E-state index contributed by atoms with van der Waals surface area (Å²) in [5.41, 5.74) is 8.63. The molecule has 0 saturated heterocycles. The standard InChI is InChI=1S/C13H13FN2/c1-9-3-2-4-12(16-9)13(15)10-5-7-11(14)8-6-10/h2-8,13H,15H2,1H3. The average Bonchev–Trinajstić information content (AvgIpc) is 2.29. The van der Waals surface area contributed by atoms with Gasteiger partial charge < -0.3 is 5.73 Å². The van der Waals surface area contributed by atoms with E-state index in [2.05, 4.69) is 4.98 Å². The lowest BCUT2D eigenvalue weighted by atomic mass is 10.0. The van der Waals surface area contributed by atoms with Crippen LogP contribution >= 0.6 is 0 Å². The van der Waals surface area contributed by atoms with Gasteiger partial charge in [-0.1, -0.05) is 18.2 Å². The van der Waals surface area contributed by atoms with E-state index in [0.29, 0.717) is 0 Å². The van der Waals surface area contributed by atoms with Gasteiger partial charge in [0.2, 0.25) is 0 Å². The third-order valence-corrected chi connectivity index (χ3v) is 2.46. The van der Waals surface area contributed by atoms with Crippen molar-refractivity contribution in [2.45, 2.75) is 13.0 Å². The van der Waals surface area contributed by atoms with E-state index in [1.807, 2.05) is 25.1 Å². The molecule has 2 N–H and O–H groups in total. The summed E-state index contributed by atoms with van der Waals surface area (Å²) in [7, 11) is 0. The molecule has 0 saturated carbocycles. The summed E-state index contributed by atoms with van der Waals surface area (Å²) in [5.74, 6) is -0.256. The molecule has 1 heterocycles. The highest BCUT2D eigenvalue weighted by Crippen LogP contribution is 2.18. The Kier molecular flexibility index (Phi) is 2.97. The minimum absolute atomic E-state index is 0.256. The maximum Gasteiger partial charge on any atom is 0.123 e. The Hall–Kier alpha value is -1.74. The number of hydrogen-bond acceptors (Lipinski definition) is 2. The van der Waals surface area contributed by atoms with E-state index in [1.54, 1.807) is 12.1 Å². The van der Waals surface area contributed by atoms with Crippen LogP contribution in [0.4, 0.5) is 4.39 Å². The topological polar surface area (TPSA) is 38.9 Å². The maximum atomic E-state index is 12.8. The molecule has 2 aromatic rings. The normalized spacial score (nSPS) is 12.4. The Balaban J connectivity index is 2.31. The number of hydrogen-bond donors (Lipinski definition) is 1. The largest absolute Gasteiger partial charge is 0.319 e. The molecule has 0 amide bonds. The minimum atomic E-state index is -0.305. The second-order valence-corrected chi connectivity index (χ2v) is 3.73. The minimum Gasteiger partial charge on any atom is -0.319 e. The first-order valence-corrected chi connectivity index (χ1v) is 5.11. The van der Waals surface area contributed by atoms with Gasteiger partial charge in [0.1, 0.15) is 5.82 Å². The lowest BCUT2D eigenvalue weighted by molar-refractivity contribution is 0.626. The third-order valence-electron chi connectivity index (χ3n) is 2.46. The number of aryl methyl sites for hydroxylation is 1. The lowest BCUT2D eigenvalue weighted by Gasteiger charge is -2.11. The zero-order chi connectivity index (χ0) is 11.5. The Bertz CT molecular complexity index is 480. The van der Waals surface area contributed by atoms with Crippen LogP contribution in [-0.2, 0) is 0 Å². The van der Waals surface area contributed by atoms with E-state index in [9.17, 15) is 4.39 Å². The average molecular weight is 216 g/mol. The summed E-state index contributed by atoms with van der Waals surface area (Å²) < 4.78 is 12.8. The summed E-state index contributed by atoms with van der Waals surface area (Å²) in [6.45, 7) is 1.92. The van der Waals surface area contributed by atoms with E-state index < -0.39 is 0 Å². The zero-order valence-corrected chi connectivity index (χ0v) is 9.02. The molecule has 0 aliphatic carbocycles. The van der Waals surface area contributed by atoms with Crippen molar-refractivity contribution in [2.75, 3.05) is 0 Å². The molecule has 0 bridgehead atoms. The van der Waals surface area contributed by atoms with Gasteiger partial charge >= 0.3 is 0 Å². The monoisotopic (exact) mass is 216 g/mol. The first-order valence-electron chi connectivity index (χ1n) is 5.11. The van der Waals surface area contributed by atoms with Crippen molar-refractivity contribution in [3.05, 3.63) is 65.2 Å². The van der Waals surface area contributed by atoms with Crippen molar-refractivity contribution in [1.82, 2.24) is 4.98 Å². The van der Waals surface area contributed by atoms with E-state index in [0.717, 1.165) is 17.0 Å². The van der Waals surface area contributed by atoms with Crippen LogP contribution in [0.2, 0.25) is 0 Å². The highest BCUT2D eigenvalue weighted by molar-refractivity contribution is 5.28. The second kappa shape index (κ2) is 4.41. The number of aromatic nitrogens is 1. The third kappa shape index (κ3) is 2.25. The number of halogens is 1. The second-order valence-electron chi connectivity index (χ2n) is 3.73. The molecule has 2 nitrogen and oxygen atoms in total. The van der Waals surface area contributed by atoms with Crippen LogP contribution in [0.25, 0.3) is 0 Å². The van der Waals surface area contributed by atoms with Gasteiger partial charge in [-0.2, -0.15) is 0 Å². The molecule has 0 aliphatic rings. The molecule has 0 aliphatic heterocycles. The highest BCUT2D eigenvalue weighted by Gasteiger charge is 2.09. The number of rotatable bonds is 2. The van der Waals surface area contributed by atoms with Crippen molar-refractivity contribution in [3.8, 4) is 0 Å². The van der Waals surface area contributed by atoms with E-state index in [1.165, 1.54) is 12.1 Å². The van der Waals surface area contributed by atoms with Crippen LogP contribution < -0.4 is 5.73 Å². The van der Waals surface area contributed by atoms with Crippen molar-refractivity contribution in [2.24, 2.45) is 5.73 Å². The molecule has 0 radical (unpaired) electrons. The van der Waals surface area contributed by atoms with Gasteiger partial charge in [0, 0.05) is 5.69 Å². The maximum absolute atomic E-state index is 12.8. The van der Waals surface area contributed by atoms with Gasteiger partial charge in [-0.25, -0.2) is 4.39 Å². The fourth-order valence-corrected chi connectivity index (χ4v) is 1.58. The molecule has 3 heteroatoms. The molecule has 1 aromatic heterocycles. The van der Waals surface area contributed by atoms with Crippen LogP contribution in [0.15, 0.2) is 42.5 Å². The van der Waals surface area contributed by atoms with Crippen LogP contribution in [0.5, 0.6) is 0 Å². The number of nitrogens with two attached hydrogens (primary N) is 1. The molecular weight excluding hydrogens is 203 g/mol. The van der Waals surface area contributed by atoms with Gasteiger partial charge in [-0.15, -0.1) is 0 Å². The summed E-state index contributed by atoms with van der Waals surface area (Å²) in [4.78, 5) is 4.35. The first-order chi connectivity index (χ1) is 7.66. The zero-order valence-electron chi connectivity index (χ0n) is 9.02. The van der Waals surface area contributed by atoms with Gasteiger partial charge in [0.05, 0.1) is 11.7 Å². The smallest absolute Gasteiger partial charge is 0.123 e. The van der Waals surface area contributed by atoms with Gasteiger partial charge in [0.15, 0.2) is 0 Å². The Morgan fingerprint density at radius 2 is 1.81 bits per heavy atom. The lowest BCUT2D eigenvalue weighted by Crippen LogP contribution is -2.13. The van der Waals surface area contributed by atoms with Gasteiger partial charge in [-0.05, 0) is 36.8 Å². The molecule has 0 fully saturated rings. The molecule has 0 spiro atoms. The van der Waals surface area contributed by atoms with Crippen LogP contribution in [0.3, 0.4) is 0 Å². The van der Waals surface area contributed by atoms with E-state index >= 15 is 0 Å². The summed E-state index contributed by atoms with van der Waals surface area (Å²) in [6.07, 6.45) is 0. The van der Waals surface area contributed by atoms with Crippen LogP contribution in [0, 0.1) is 12.7 Å². The predicted octanol–water partition coefficient (Wildman–Crippen LogP) is 2.58. The molecule has 1 unspecified atom stereocenters. The van der Waals surface area contributed by atoms with E-state index in [-0.39, 0.29) is 11.9 Å². The summed E-state index contributed by atoms with van der Waals surface area (Å²) in [6, 6.07) is 11.6.